The average Bonchev–Trinajstić information content (AvgIpc) is 3.29. The van der Waals surface area contributed by atoms with Crippen LogP contribution in [0.3, 0.4) is 0 Å². The van der Waals surface area contributed by atoms with Crippen LogP contribution in [0.4, 0.5) is 0 Å². The number of nitrogens with one attached hydrogen (secondary N) is 1. The molecular formula is C17H11ClN4S. The summed E-state index contributed by atoms with van der Waals surface area (Å²) in [4.78, 5) is 8.92. The highest BCUT2D eigenvalue weighted by atomic mass is 35.5. The fourth-order valence-corrected chi connectivity index (χ4v) is 3.08. The number of thiophene rings is 1. The summed E-state index contributed by atoms with van der Waals surface area (Å²) in [5.74, 6) is 0.627. The Labute approximate surface area is 141 Å². The summed E-state index contributed by atoms with van der Waals surface area (Å²) in [6.07, 6.45) is 1.87. The molecule has 23 heavy (non-hydrogen) atoms. The van der Waals surface area contributed by atoms with Gasteiger partial charge >= 0.3 is 0 Å². The highest BCUT2D eigenvalue weighted by molar-refractivity contribution is 7.13. The Morgan fingerprint density at radius 1 is 0.913 bits per heavy atom. The van der Waals surface area contributed by atoms with Gasteiger partial charge in [0.25, 0.3) is 0 Å². The number of benzene rings is 1. The number of aromatic nitrogens is 4. The van der Waals surface area contributed by atoms with Crippen LogP contribution >= 0.6 is 22.9 Å². The number of hydrogen-bond acceptors (Lipinski definition) is 4. The van der Waals surface area contributed by atoms with Crippen LogP contribution in [0.1, 0.15) is 0 Å². The van der Waals surface area contributed by atoms with Crippen molar-refractivity contribution in [3.8, 4) is 33.3 Å². The zero-order chi connectivity index (χ0) is 15.6. The lowest BCUT2D eigenvalue weighted by molar-refractivity contribution is 0.992. The van der Waals surface area contributed by atoms with Gasteiger partial charge in [-0.3, -0.25) is 0 Å². The molecule has 0 unspecified atom stereocenters. The molecule has 4 rings (SSSR count). The van der Waals surface area contributed by atoms with Gasteiger partial charge in [0.15, 0.2) is 5.82 Å². The zero-order valence-corrected chi connectivity index (χ0v) is 13.5. The van der Waals surface area contributed by atoms with Crippen molar-refractivity contribution >= 4 is 22.9 Å². The summed E-state index contributed by atoms with van der Waals surface area (Å²) in [6, 6.07) is 15.4. The Hall–Kier alpha value is -2.50. The van der Waals surface area contributed by atoms with E-state index < -0.39 is 0 Å². The van der Waals surface area contributed by atoms with Gasteiger partial charge in [-0.25, -0.2) is 4.98 Å². The Kier molecular flexibility index (Phi) is 3.65. The SMILES string of the molecule is Clc1ccc(-c2nnc(-c3cccs3)nc2-c2ccc[nH]2)cc1. The molecule has 0 saturated heterocycles. The second kappa shape index (κ2) is 5.95. The molecule has 0 bridgehead atoms. The van der Waals surface area contributed by atoms with Crippen LogP contribution in [-0.2, 0) is 0 Å². The third kappa shape index (κ3) is 2.76. The lowest BCUT2D eigenvalue weighted by Gasteiger charge is -2.07. The second-order valence-corrected chi connectivity index (χ2v) is 6.28. The fraction of sp³-hybridized carbons (Fsp3) is 0. The molecule has 112 valence electrons. The van der Waals surface area contributed by atoms with Gasteiger partial charge < -0.3 is 4.98 Å². The van der Waals surface area contributed by atoms with Gasteiger partial charge in [0.05, 0.1) is 10.6 Å². The van der Waals surface area contributed by atoms with Gasteiger partial charge in [-0.05, 0) is 35.7 Å². The van der Waals surface area contributed by atoms with Crippen LogP contribution < -0.4 is 0 Å². The molecule has 0 radical (unpaired) electrons. The first kappa shape index (κ1) is 14.1. The van der Waals surface area contributed by atoms with E-state index >= 15 is 0 Å². The summed E-state index contributed by atoms with van der Waals surface area (Å²) in [5, 5.41) is 11.4. The van der Waals surface area contributed by atoms with Gasteiger partial charge in [0, 0.05) is 16.8 Å². The maximum absolute atomic E-state index is 5.97. The van der Waals surface area contributed by atoms with Crippen molar-refractivity contribution < 1.29 is 0 Å². The molecule has 0 spiro atoms. The van der Waals surface area contributed by atoms with E-state index in [0.717, 1.165) is 27.5 Å². The Bertz CT molecular complexity index is 916. The summed E-state index contributed by atoms with van der Waals surface area (Å²) < 4.78 is 0. The fourth-order valence-electron chi connectivity index (χ4n) is 2.30. The monoisotopic (exact) mass is 338 g/mol. The topological polar surface area (TPSA) is 54.5 Å². The van der Waals surface area contributed by atoms with Gasteiger partial charge in [-0.15, -0.1) is 21.5 Å². The summed E-state index contributed by atoms with van der Waals surface area (Å²) in [5.41, 5.74) is 3.33. The third-order valence-corrected chi connectivity index (χ3v) is 4.52. The van der Waals surface area contributed by atoms with Crippen molar-refractivity contribution in [2.75, 3.05) is 0 Å². The van der Waals surface area contributed by atoms with Crippen molar-refractivity contribution in [1.82, 2.24) is 20.2 Å². The number of aromatic amines is 1. The first-order valence-electron chi connectivity index (χ1n) is 6.99. The predicted octanol–water partition coefficient (Wildman–Crippen LogP) is 4.92. The second-order valence-electron chi connectivity index (χ2n) is 4.90. The average molecular weight is 339 g/mol. The molecule has 0 atom stereocenters. The van der Waals surface area contributed by atoms with Crippen LogP contribution in [-0.4, -0.2) is 20.2 Å². The highest BCUT2D eigenvalue weighted by Gasteiger charge is 2.15. The van der Waals surface area contributed by atoms with Crippen molar-refractivity contribution in [2.24, 2.45) is 0 Å². The molecule has 0 amide bonds. The maximum Gasteiger partial charge on any atom is 0.192 e. The van der Waals surface area contributed by atoms with E-state index in [1.54, 1.807) is 11.3 Å². The van der Waals surface area contributed by atoms with E-state index in [0.29, 0.717) is 10.8 Å². The third-order valence-electron chi connectivity index (χ3n) is 3.40. The first-order valence-corrected chi connectivity index (χ1v) is 8.25. The molecule has 0 aliphatic carbocycles. The van der Waals surface area contributed by atoms with E-state index in [2.05, 4.69) is 15.2 Å². The Morgan fingerprint density at radius 2 is 1.78 bits per heavy atom. The quantitative estimate of drug-likeness (QED) is 0.577. The van der Waals surface area contributed by atoms with Crippen LogP contribution in [0, 0.1) is 0 Å². The molecule has 4 aromatic rings. The van der Waals surface area contributed by atoms with Gasteiger partial charge in [-0.2, -0.15) is 0 Å². The van der Waals surface area contributed by atoms with Crippen LogP contribution in [0.25, 0.3) is 33.3 Å². The first-order chi connectivity index (χ1) is 11.3. The van der Waals surface area contributed by atoms with E-state index in [-0.39, 0.29) is 0 Å². The molecular weight excluding hydrogens is 328 g/mol. The molecule has 0 fully saturated rings. The Morgan fingerprint density at radius 3 is 2.48 bits per heavy atom. The van der Waals surface area contributed by atoms with Crippen molar-refractivity contribution in [3.05, 3.63) is 65.1 Å². The number of halogens is 1. The highest BCUT2D eigenvalue weighted by Crippen LogP contribution is 2.30. The summed E-state index contributed by atoms with van der Waals surface area (Å²) in [6.45, 7) is 0. The van der Waals surface area contributed by atoms with E-state index in [1.807, 2.05) is 60.1 Å². The molecule has 1 aromatic carbocycles. The maximum atomic E-state index is 5.97. The number of rotatable bonds is 3. The largest absolute Gasteiger partial charge is 0.360 e. The molecule has 0 saturated carbocycles. The van der Waals surface area contributed by atoms with Gasteiger partial charge in [-0.1, -0.05) is 29.8 Å². The Balaban J connectivity index is 1.90. The minimum Gasteiger partial charge on any atom is -0.360 e. The molecule has 0 aliphatic heterocycles. The number of nitrogens with zero attached hydrogens (tertiary/aromatic N) is 3. The predicted molar refractivity (Wildman–Crippen MR) is 93.4 cm³/mol. The molecule has 4 nitrogen and oxygen atoms in total. The van der Waals surface area contributed by atoms with E-state index in [1.165, 1.54) is 0 Å². The standard InChI is InChI=1S/C17H11ClN4S/c18-12-7-5-11(6-8-12)15-16(13-3-1-9-19-13)20-17(22-21-15)14-4-2-10-23-14/h1-10,19H. The van der Waals surface area contributed by atoms with Crippen LogP contribution in [0.2, 0.25) is 5.02 Å². The summed E-state index contributed by atoms with van der Waals surface area (Å²) in [7, 11) is 0. The molecule has 0 aliphatic rings. The zero-order valence-electron chi connectivity index (χ0n) is 11.9. The van der Waals surface area contributed by atoms with Crippen molar-refractivity contribution in [3.63, 3.8) is 0 Å². The molecule has 1 N–H and O–H groups in total. The molecule has 6 heteroatoms. The summed E-state index contributed by atoms with van der Waals surface area (Å²) >= 11 is 7.57. The van der Waals surface area contributed by atoms with Crippen molar-refractivity contribution in [1.29, 1.82) is 0 Å². The van der Waals surface area contributed by atoms with Crippen LogP contribution in [0.15, 0.2) is 60.1 Å². The normalized spacial score (nSPS) is 10.8. The number of hydrogen-bond donors (Lipinski definition) is 1. The molecule has 3 heterocycles. The molecule has 3 aromatic heterocycles. The minimum atomic E-state index is 0.627. The van der Waals surface area contributed by atoms with Gasteiger partial charge in [0.2, 0.25) is 0 Å². The van der Waals surface area contributed by atoms with Crippen LogP contribution in [0.5, 0.6) is 0 Å². The van der Waals surface area contributed by atoms with E-state index in [4.69, 9.17) is 16.6 Å². The lowest BCUT2D eigenvalue weighted by Crippen LogP contribution is -1.99. The minimum absolute atomic E-state index is 0.627. The lowest BCUT2D eigenvalue weighted by atomic mass is 10.1. The van der Waals surface area contributed by atoms with Gasteiger partial charge in [0.1, 0.15) is 11.4 Å². The van der Waals surface area contributed by atoms with E-state index in [9.17, 15) is 0 Å². The smallest absolute Gasteiger partial charge is 0.192 e. The number of H-pyrrole nitrogens is 1. The van der Waals surface area contributed by atoms with Crippen molar-refractivity contribution in [2.45, 2.75) is 0 Å².